The van der Waals surface area contributed by atoms with E-state index in [1.165, 1.54) is 0 Å². The van der Waals surface area contributed by atoms with Gasteiger partial charge in [0.1, 0.15) is 6.42 Å². The fraction of sp³-hybridized carbons (Fsp3) is 0.818. The van der Waals surface area contributed by atoms with E-state index in [9.17, 15) is 4.79 Å². The number of hydrogen-bond acceptors (Lipinski definition) is 2. The van der Waals surface area contributed by atoms with Crippen molar-refractivity contribution in [3.63, 3.8) is 0 Å². The Morgan fingerprint density at radius 2 is 2.07 bits per heavy atom. The van der Waals surface area contributed by atoms with Crippen molar-refractivity contribution in [1.82, 2.24) is 5.32 Å². The number of hydrogen-bond donors (Lipinski definition) is 1. The minimum atomic E-state index is -0.134. The van der Waals surface area contributed by atoms with Crippen LogP contribution in [0.15, 0.2) is 0 Å². The van der Waals surface area contributed by atoms with Crippen LogP contribution in [0.3, 0.4) is 0 Å². The number of carbonyl (C=O) groups excluding carboxylic acids is 1. The third-order valence-electron chi connectivity index (χ3n) is 2.97. The second-order valence-corrected chi connectivity index (χ2v) is 5.13. The third kappa shape index (κ3) is 2.73. The van der Waals surface area contributed by atoms with Crippen molar-refractivity contribution in [1.29, 1.82) is 5.26 Å². The van der Waals surface area contributed by atoms with Crippen molar-refractivity contribution in [3.05, 3.63) is 0 Å². The Balaban J connectivity index is 2.23. The molecule has 3 nitrogen and oxygen atoms in total. The van der Waals surface area contributed by atoms with Crippen molar-refractivity contribution in [2.45, 2.75) is 46.1 Å². The summed E-state index contributed by atoms with van der Waals surface area (Å²) in [5, 5.41) is 11.2. The van der Waals surface area contributed by atoms with E-state index in [0.29, 0.717) is 17.4 Å². The number of nitrogens with zero attached hydrogens (tertiary/aromatic N) is 1. The zero-order chi connectivity index (χ0) is 10.8. The molecule has 1 aliphatic carbocycles. The van der Waals surface area contributed by atoms with Gasteiger partial charge in [0.15, 0.2) is 0 Å². The molecular weight excluding hydrogens is 176 g/mol. The summed E-state index contributed by atoms with van der Waals surface area (Å²) in [6.45, 7) is 6.68. The third-order valence-corrected chi connectivity index (χ3v) is 2.97. The molecule has 1 rings (SSSR count). The van der Waals surface area contributed by atoms with Crippen molar-refractivity contribution in [2.75, 3.05) is 0 Å². The second kappa shape index (κ2) is 4.00. The van der Waals surface area contributed by atoms with Gasteiger partial charge in [0, 0.05) is 6.04 Å². The molecular formula is C11H18N2O. The standard InChI is InChI=1S/C11H18N2O/c1-11(2,3)8-6-9(7-8)13-10(14)4-5-12/h8-9H,4,6-7H2,1-3H3,(H,13,14). The van der Waals surface area contributed by atoms with E-state index in [1.54, 1.807) is 0 Å². The highest BCUT2D eigenvalue weighted by Crippen LogP contribution is 2.41. The van der Waals surface area contributed by atoms with E-state index >= 15 is 0 Å². The highest BCUT2D eigenvalue weighted by Gasteiger charge is 2.37. The summed E-state index contributed by atoms with van der Waals surface area (Å²) in [6, 6.07) is 2.16. The zero-order valence-electron chi connectivity index (χ0n) is 9.13. The van der Waals surface area contributed by atoms with Crippen LogP contribution < -0.4 is 5.32 Å². The Morgan fingerprint density at radius 3 is 2.50 bits per heavy atom. The maximum atomic E-state index is 11.1. The highest BCUT2D eigenvalue weighted by atomic mass is 16.1. The number of nitrogens with one attached hydrogen (secondary N) is 1. The molecule has 3 heteroatoms. The van der Waals surface area contributed by atoms with E-state index in [0.717, 1.165) is 12.8 Å². The molecule has 0 heterocycles. The van der Waals surface area contributed by atoms with Crippen LogP contribution >= 0.6 is 0 Å². The van der Waals surface area contributed by atoms with Gasteiger partial charge in [0.2, 0.25) is 5.91 Å². The first-order chi connectivity index (χ1) is 6.43. The fourth-order valence-corrected chi connectivity index (χ4v) is 1.79. The van der Waals surface area contributed by atoms with Crippen molar-refractivity contribution >= 4 is 5.91 Å². The summed E-state index contributed by atoms with van der Waals surface area (Å²) >= 11 is 0. The maximum absolute atomic E-state index is 11.1. The van der Waals surface area contributed by atoms with Gasteiger partial charge in [-0.15, -0.1) is 0 Å². The van der Waals surface area contributed by atoms with E-state index in [4.69, 9.17) is 5.26 Å². The molecule has 0 unspecified atom stereocenters. The summed E-state index contributed by atoms with van der Waals surface area (Å²) in [5.41, 5.74) is 0.344. The van der Waals surface area contributed by atoms with Crippen LogP contribution in [-0.4, -0.2) is 11.9 Å². The molecule has 1 saturated carbocycles. The van der Waals surface area contributed by atoms with Crippen molar-refractivity contribution in [2.24, 2.45) is 11.3 Å². The topological polar surface area (TPSA) is 52.9 Å². The average Bonchev–Trinajstić information content (AvgIpc) is 1.94. The van der Waals surface area contributed by atoms with Gasteiger partial charge in [-0.2, -0.15) is 5.26 Å². The fourth-order valence-electron chi connectivity index (χ4n) is 1.79. The van der Waals surface area contributed by atoms with Crippen LogP contribution in [0.25, 0.3) is 0 Å². The Morgan fingerprint density at radius 1 is 1.50 bits per heavy atom. The Labute approximate surface area is 85.5 Å². The second-order valence-electron chi connectivity index (χ2n) is 5.13. The lowest BCUT2D eigenvalue weighted by molar-refractivity contribution is -0.122. The molecule has 78 valence electrons. The van der Waals surface area contributed by atoms with Crippen LogP contribution in [0.5, 0.6) is 0 Å². The smallest absolute Gasteiger partial charge is 0.234 e. The first-order valence-corrected chi connectivity index (χ1v) is 5.10. The Hall–Kier alpha value is -1.04. The van der Waals surface area contributed by atoms with Gasteiger partial charge < -0.3 is 5.32 Å². The minimum Gasteiger partial charge on any atom is -0.352 e. The van der Waals surface area contributed by atoms with E-state index in [-0.39, 0.29) is 12.3 Å². The molecule has 0 spiro atoms. The SMILES string of the molecule is CC(C)(C)C1CC(NC(=O)CC#N)C1. The van der Waals surface area contributed by atoms with E-state index in [1.807, 2.05) is 6.07 Å². The minimum absolute atomic E-state index is 0.0172. The van der Waals surface area contributed by atoms with Gasteiger partial charge in [-0.05, 0) is 24.2 Å². The molecule has 0 bridgehead atoms. The molecule has 1 aliphatic rings. The summed E-state index contributed by atoms with van der Waals surface area (Å²) in [7, 11) is 0. The lowest BCUT2D eigenvalue weighted by Gasteiger charge is -2.43. The zero-order valence-corrected chi connectivity index (χ0v) is 9.13. The maximum Gasteiger partial charge on any atom is 0.234 e. The van der Waals surface area contributed by atoms with Gasteiger partial charge >= 0.3 is 0 Å². The molecule has 0 saturated heterocycles. The van der Waals surface area contributed by atoms with Crippen LogP contribution in [0.4, 0.5) is 0 Å². The van der Waals surface area contributed by atoms with Gasteiger partial charge in [-0.3, -0.25) is 4.79 Å². The normalized spacial score (nSPS) is 26.1. The molecule has 1 N–H and O–H groups in total. The van der Waals surface area contributed by atoms with Crippen LogP contribution in [-0.2, 0) is 4.79 Å². The predicted molar refractivity (Wildman–Crippen MR) is 54.3 cm³/mol. The summed E-state index contributed by atoms with van der Waals surface area (Å²) < 4.78 is 0. The first kappa shape index (κ1) is 11.0. The van der Waals surface area contributed by atoms with Crippen LogP contribution in [0.1, 0.15) is 40.0 Å². The van der Waals surface area contributed by atoms with E-state index < -0.39 is 0 Å². The van der Waals surface area contributed by atoms with E-state index in [2.05, 4.69) is 26.1 Å². The number of rotatable bonds is 2. The van der Waals surface area contributed by atoms with Gasteiger partial charge in [-0.1, -0.05) is 20.8 Å². The van der Waals surface area contributed by atoms with Crippen molar-refractivity contribution in [3.8, 4) is 6.07 Å². The Bertz CT molecular complexity index is 253. The van der Waals surface area contributed by atoms with Crippen LogP contribution in [0, 0.1) is 22.7 Å². The predicted octanol–water partition coefficient (Wildman–Crippen LogP) is 1.84. The molecule has 1 fully saturated rings. The molecule has 0 atom stereocenters. The van der Waals surface area contributed by atoms with Gasteiger partial charge in [0.25, 0.3) is 0 Å². The highest BCUT2D eigenvalue weighted by molar-refractivity contribution is 5.78. The lowest BCUT2D eigenvalue weighted by atomic mass is 9.66. The largest absolute Gasteiger partial charge is 0.352 e. The molecule has 0 aromatic carbocycles. The quantitative estimate of drug-likeness (QED) is 0.729. The summed E-state index contributed by atoms with van der Waals surface area (Å²) in [6.07, 6.45) is 2.10. The van der Waals surface area contributed by atoms with Gasteiger partial charge in [0.05, 0.1) is 6.07 Å². The summed E-state index contributed by atoms with van der Waals surface area (Å²) in [5.74, 6) is 0.569. The molecule has 0 radical (unpaired) electrons. The average molecular weight is 194 g/mol. The number of carbonyl (C=O) groups is 1. The molecule has 1 amide bonds. The number of nitriles is 1. The summed E-state index contributed by atoms with van der Waals surface area (Å²) in [4.78, 5) is 11.1. The number of amides is 1. The molecule has 0 aromatic heterocycles. The Kier molecular flexibility index (Phi) is 3.15. The monoisotopic (exact) mass is 194 g/mol. The van der Waals surface area contributed by atoms with Crippen molar-refractivity contribution < 1.29 is 4.79 Å². The van der Waals surface area contributed by atoms with Gasteiger partial charge in [-0.25, -0.2) is 0 Å². The molecule has 0 aliphatic heterocycles. The molecule has 14 heavy (non-hydrogen) atoms. The lowest BCUT2D eigenvalue weighted by Crippen LogP contribution is -2.47. The first-order valence-electron chi connectivity index (χ1n) is 5.10. The van der Waals surface area contributed by atoms with Crippen LogP contribution in [0.2, 0.25) is 0 Å². The molecule has 0 aromatic rings.